The van der Waals surface area contributed by atoms with E-state index in [-0.39, 0.29) is 29.9 Å². The Morgan fingerprint density at radius 3 is 2.83 bits per heavy atom. The van der Waals surface area contributed by atoms with Crippen LogP contribution < -0.4 is 0 Å². The lowest BCUT2D eigenvalue weighted by Gasteiger charge is -2.59. The highest BCUT2D eigenvalue weighted by Gasteiger charge is 2.72. The summed E-state index contributed by atoms with van der Waals surface area (Å²) < 4.78 is 11.4. The number of esters is 1. The van der Waals surface area contributed by atoms with E-state index in [1.807, 2.05) is 49.4 Å². The van der Waals surface area contributed by atoms with Gasteiger partial charge in [-0.3, -0.25) is 9.59 Å². The van der Waals surface area contributed by atoms with E-state index in [0.29, 0.717) is 13.0 Å². The van der Waals surface area contributed by atoms with Gasteiger partial charge in [0, 0.05) is 12.3 Å². The second kappa shape index (κ2) is 5.45. The van der Waals surface area contributed by atoms with Crippen LogP contribution in [0.2, 0.25) is 0 Å². The van der Waals surface area contributed by atoms with Crippen LogP contribution in [0.15, 0.2) is 42.5 Å². The SMILES string of the molecule is CCOC(=O)C1C2C=CC3CC(=O)N(C(C)c4ccccc4)C31O2. The molecule has 0 aromatic heterocycles. The van der Waals surface area contributed by atoms with Gasteiger partial charge in [0.25, 0.3) is 0 Å². The zero-order valence-electron chi connectivity index (χ0n) is 13.8. The van der Waals surface area contributed by atoms with Gasteiger partial charge in [0.1, 0.15) is 5.92 Å². The summed E-state index contributed by atoms with van der Waals surface area (Å²) in [7, 11) is 0. The number of amides is 1. The molecule has 5 rings (SSSR count). The first-order valence-electron chi connectivity index (χ1n) is 8.49. The smallest absolute Gasteiger partial charge is 0.316 e. The Balaban J connectivity index is 1.73. The number of rotatable bonds is 4. The summed E-state index contributed by atoms with van der Waals surface area (Å²) in [4.78, 5) is 27.1. The average Bonchev–Trinajstić information content (AvgIpc) is 2.89. The highest BCUT2D eigenvalue weighted by atomic mass is 16.6. The zero-order chi connectivity index (χ0) is 16.9. The number of carbonyl (C=O) groups is 2. The molecule has 1 aromatic rings. The van der Waals surface area contributed by atoms with Crippen molar-refractivity contribution >= 4 is 11.9 Å². The van der Waals surface area contributed by atoms with Crippen LogP contribution in [-0.2, 0) is 19.1 Å². The molecule has 5 nitrogen and oxygen atoms in total. The van der Waals surface area contributed by atoms with Gasteiger partial charge < -0.3 is 14.4 Å². The Morgan fingerprint density at radius 1 is 1.38 bits per heavy atom. The summed E-state index contributed by atoms with van der Waals surface area (Å²) in [5, 5.41) is 0. The lowest BCUT2D eigenvalue weighted by Crippen LogP contribution is -2.73. The highest BCUT2D eigenvalue weighted by Crippen LogP contribution is 2.58. The molecule has 2 bridgehead atoms. The second-order valence-corrected chi connectivity index (χ2v) is 6.61. The molecule has 1 aromatic carbocycles. The van der Waals surface area contributed by atoms with Crippen molar-refractivity contribution in [2.24, 2.45) is 11.8 Å². The Labute approximate surface area is 141 Å². The molecular weight excluding hydrogens is 306 g/mol. The maximum atomic E-state index is 12.8. The molecule has 2 saturated heterocycles. The van der Waals surface area contributed by atoms with Crippen molar-refractivity contribution in [3.05, 3.63) is 48.0 Å². The number of likely N-dealkylation sites (tertiary alicyclic amines) is 1. The van der Waals surface area contributed by atoms with Gasteiger partial charge in [-0.05, 0) is 19.4 Å². The number of hydrogen-bond acceptors (Lipinski definition) is 4. The van der Waals surface area contributed by atoms with Crippen LogP contribution in [0.1, 0.15) is 31.9 Å². The van der Waals surface area contributed by atoms with Crippen LogP contribution in [0.3, 0.4) is 0 Å². The van der Waals surface area contributed by atoms with Gasteiger partial charge in [-0.25, -0.2) is 0 Å². The number of nitrogens with zero attached hydrogens (tertiary/aromatic N) is 1. The number of ether oxygens (including phenoxy) is 2. The quantitative estimate of drug-likeness (QED) is 0.630. The first-order valence-corrected chi connectivity index (χ1v) is 8.49. The fraction of sp³-hybridized carbons (Fsp3) is 0.474. The molecule has 24 heavy (non-hydrogen) atoms. The summed E-state index contributed by atoms with van der Waals surface area (Å²) in [6.45, 7) is 4.11. The third-order valence-electron chi connectivity index (χ3n) is 5.41. The van der Waals surface area contributed by atoms with E-state index < -0.39 is 11.6 Å². The summed E-state index contributed by atoms with van der Waals surface area (Å²) in [6.07, 6.45) is 4.00. The molecule has 1 spiro atoms. The normalized spacial score (nSPS) is 34.5. The predicted molar refractivity (Wildman–Crippen MR) is 86.7 cm³/mol. The minimum Gasteiger partial charge on any atom is -0.466 e. The third-order valence-corrected chi connectivity index (χ3v) is 5.41. The van der Waals surface area contributed by atoms with Gasteiger partial charge >= 0.3 is 5.97 Å². The van der Waals surface area contributed by atoms with Crippen molar-refractivity contribution in [1.82, 2.24) is 4.90 Å². The number of benzene rings is 1. The van der Waals surface area contributed by atoms with Gasteiger partial charge in [-0.1, -0.05) is 42.5 Å². The van der Waals surface area contributed by atoms with Crippen molar-refractivity contribution in [2.75, 3.05) is 6.61 Å². The van der Waals surface area contributed by atoms with Crippen molar-refractivity contribution < 1.29 is 19.1 Å². The fourth-order valence-electron chi connectivity index (χ4n) is 4.39. The highest BCUT2D eigenvalue weighted by molar-refractivity contribution is 5.86. The van der Waals surface area contributed by atoms with Crippen LogP contribution in [0.5, 0.6) is 0 Å². The fourth-order valence-corrected chi connectivity index (χ4v) is 4.39. The maximum Gasteiger partial charge on any atom is 0.316 e. The van der Waals surface area contributed by atoms with Gasteiger partial charge in [0.15, 0.2) is 5.72 Å². The molecule has 0 radical (unpaired) electrons. The van der Waals surface area contributed by atoms with Gasteiger partial charge in [-0.2, -0.15) is 0 Å². The monoisotopic (exact) mass is 327 g/mol. The van der Waals surface area contributed by atoms with E-state index in [1.54, 1.807) is 11.8 Å². The van der Waals surface area contributed by atoms with Crippen molar-refractivity contribution in [3.8, 4) is 0 Å². The van der Waals surface area contributed by atoms with Crippen LogP contribution >= 0.6 is 0 Å². The molecule has 4 aliphatic rings. The molecule has 5 heteroatoms. The first kappa shape index (κ1) is 15.4. The molecule has 5 unspecified atom stereocenters. The van der Waals surface area contributed by atoms with Crippen LogP contribution in [-0.4, -0.2) is 35.2 Å². The molecule has 3 heterocycles. The van der Waals surface area contributed by atoms with E-state index >= 15 is 0 Å². The van der Waals surface area contributed by atoms with E-state index in [0.717, 1.165) is 5.56 Å². The lowest BCUT2D eigenvalue weighted by atomic mass is 9.70. The minimum atomic E-state index is -0.891. The Morgan fingerprint density at radius 2 is 2.12 bits per heavy atom. The van der Waals surface area contributed by atoms with Gasteiger partial charge in [0.05, 0.1) is 18.8 Å². The molecule has 1 aliphatic carbocycles. The van der Waals surface area contributed by atoms with Crippen molar-refractivity contribution in [3.63, 3.8) is 0 Å². The molecule has 1 amide bonds. The summed E-state index contributed by atoms with van der Waals surface area (Å²) in [6, 6.07) is 9.69. The van der Waals surface area contributed by atoms with Crippen molar-refractivity contribution in [2.45, 2.75) is 38.1 Å². The van der Waals surface area contributed by atoms with Crippen LogP contribution in [0.4, 0.5) is 0 Å². The van der Waals surface area contributed by atoms with Gasteiger partial charge in [-0.15, -0.1) is 0 Å². The molecule has 5 atom stereocenters. The molecule has 0 N–H and O–H groups in total. The molecule has 3 aliphatic heterocycles. The first-order chi connectivity index (χ1) is 11.6. The second-order valence-electron chi connectivity index (χ2n) is 6.61. The summed E-state index contributed by atoms with van der Waals surface area (Å²) in [5.74, 6) is -0.792. The van der Waals surface area contributed by atoms with Gasteiger partial charge in [0.2, 0.25) is 5.91 Å². The van der Waals surface area contributed by atoms with Crippen LogP contribution in [0.25, 0.3) is 0 Å². The molecule has 0 saturated carbocycles. The third kappa shape index (κ3) is 1.91. The minimum absolute atomic E-state index is 0.0238. The zero-order valence-corrected chi connectivity index (χ0v) is 13.8. The van der Waals surface area contributed by atoms with E-state index in [2.05, 4.69) is 0 Å². The predicted octanol–water partition coefficient (Wildman–Crippen LogP) is 2.44. The Hall–Kier alpha value is -2.14. The summed E-state index contributed by atoms with van der Waals surface area (Å²) in [5.41, 5.74) is 0.142. The lowest BCUT2D eigenvalue weighted by molar-refractivity contribution is -0.317. The molecule has 126 valence electrons. The van der Waals surface area contributed by atoms with E-state index in [9.17, 15) is 9.59 Å². The Bertz CT molecular complexity index is 701. The summed E-state index contributed by atoms with van der Waals surface area (Å²) >= 11 is 0. The molecular formula is C19H21NO4. The van der Waals surface area contributed by atoms with E-state index in [1.165, 1.54) is 0 Å². The standard InChI is InChI=1S/C19H21NO4/c1-3-23-18(22)17-15-10-9-14-11-16(21)20(19(14,17)24-15)12(2)13-7-5-4-6-8-13/h4-10,12,14-15,17H,3,11H2,1-2H3. The Kier molecular flexibility index (Phi) is 3.49. The van der Waals surface area contributed by atoms with Crippen molar-refractivity contribution in [1.29, 1.82) is 0 Å². The average molecular weight is 327 g/mol. The largest absolute Gasteiger partial charge is 0.466 e. The van der Waals surface area contributed by atoms with E-state index in [4.69, 9.17) is 9.47 Å². The maximum absolute atomic E-state index is 12.8. The van der Waals surface area contributed by atoms with Crippen LogP contribution in [0, 0.1) is 11.8 Å². The number of carbonyl (C=O) groups excluding carboxylic acids is 2. The molecule has 2 fully saturated rings. The number of hydrogen-bond donors (Lipinski definition) is 0. The topological polar surface area (TPSA) is 55.8 Å².